The summed E-state index contributed by atoms with van der Waals surface area (Å²) in [6.07, 6.45) is 0. The second-order valence-corrected chi connectivity index (χ2v) is 7.66. The van der Waals surface area contributed by atoms with Crippen molar-refractivity contribution in [1.29, 1.82) is 0 Å². The van der Waals surface area contributed by atoms with Crippen LogP contribution in [0.3, 0.4) is 0 Å². The third-order valence-electron chi connectivity index (χ3n) is 3.56. The number of hydrogen-bond donors (Lipinski definition) is 0. The summed E-state index contributed by atoms with van der Waals surface area (Å²) in [5.41, 5.74) is -0.857. The fourth-order valence-corrected chi connectivity index (χ4v) is 6.63. The predicted octanol–water partition coefficient (Wildman–Crippen LogP) is 1.61. The minimum Gasteiger partial charge on any atom is -0.229 e. The molecular formula is C7H10Cl2O2S. The van der Waals surface area contributed by atoms with Crippen LogP contribution in [0.1, 0.15) is 13.8 Å². The molecule has 1 heterocycles. The SMILES string of the molecule is CC12CS(=O)(=O)CC1(C)C2(Cl)Cl. The summed E-state index contributed by atoms with van der Waals surface area (Å²) in [5, 5.41) is 0. The molecule has 1 saturated carbocycles. The second kappa shape index (κ2) is 1.82. The lowest BCUT2D eigenvalue weighted by molar-refractivity contribution is 0.494. The van der Waals surface area contributed by atoms with Crippen LogP contribution >= 0.6 is 23.2 Å². The Bertz CT molecular complexity index is 322. The number of rotatable bonds is 0. The molecule has 1 aliphatic carbocycles. The van der Waals surface area contributed by atoms with Gasteiger partial charge in [0.25, 0.3) is 0 Å². The van der Waals surface area contributed by atoms with Gasteiger partial charge in [-0.25, -0.2) is 8.42 Å². The van der Waals surface area contributed by atoms with E-state index in [1.54, 1.807) is 0 Å². The van der Waals surface area contributed by atoms with Gasteiger partial charge in [0, 0.05) is 10.8 Å². The minimum absolute atomic E-state index is 0.128. The van der Waals surface area contributed by atoms with Crippen LogP contribution in [0.2, 0.25) is 0 Å². The van der Waals surface area contributed by atoms with Crippen LogP contribution < -0.4 is 0 Å². The molecule has 0 aromatic heterocycles. The minimum atomic E-state index is -2.90. The first kappa shape index (κ1) is 9.10. The first-order valence-corrected chi connectivity index (χ1v) is 6.32. The molecule has 0 bridgehead atoms. The number of alkyl halides is 2. The third kappa shape index (κ3) is 0.679. The second-order valence-electron chi connectivity index (χ2n) is 4.27. The number of sulfone groups is 1. The highest BCUT2D eigenvalue weighted by Crippen LogP contribution is 2.81. The standard InChI is InChI=1S/C7H10Cl2O2S/c1-5-3-12(10,11)4-6(5,2)7(5,8)9/h3-4H2,1-2H3. The summed E-state index contributed by atoms with van der Waals surface area (Å²) < 4.78 is 21.7. The lowest BCUT2D eigenvalue weighted by atomic mass is 10.0. The third-order valence-corrected chi connectivity index (χ3v) is 7.26. The lowest BCUT2D eigenvalue weighted by Gasteiger charge is -2.10. The van der Waals surface area contributed by atoms with E-state index >= 15 is 0 Å². The van der Waals surface area contributed by atoms with Crippen LogP contribution in [-0.4, -0.2) is 24.3 Å². The summed E-state index contributed by atoms with van der Waals surface area (Å²) in [6.45, 7) is 3.69. The van der Waals surface area contributed by atoms with Gasteiger partial charge in [-0.3, -0.25) is 0 Å². The van der Waals surface area contributed by atoms with Gasteiger partial charge in [0.2, 0.25) is 0 Å². The number of fused-ring (bicyclic) bond motifs is 1. The molecule has 2 aliphatic rings. The average molecular weight is 229 g/mol. The number of halogens is 2. The van der Waals surface area contributed by atoms with Gasteiger partial charge in [-0.1, -0.05) is 13.8 Å². The molecule has 0 radical (unpaired) electrons. The van der Waals surface area contributed by atoms with E-state index in [-0.39, 0.29) is 11.5 Å². The van der Waals surface area contributed by atoms with Crippen molar-refractivity contribution < 1.29 is 8.42 Å². The first-order valence-electron chi connectivity index (χ1n) is 3.75. The highest BCUT2D eigenvalue weighted by Gasteiger charge is 2.86. The van der Waals surface area contributed by atoms with Crippen LogP contribution in [0, 0.1) is 10.8 Å². The van der Waals surface area contributed by atoms with E-state index in [2.05, 4.69) is 0 Å². The molecule has 2 unspecified atom stereocenters. The Kier molecular flexibility index (Phi) is 1.38. The highest BCUT2D eigenvalue weighted by molar-refractivity contribution is 7.91. The molecule has 0 amide bonds. The Morgan fingerprint density at radius 2 is 1.42 bits per heavy atom. The van der Waals surface area contributed by atoms with Crippen LogP contribution in [0.25, 0.3) is 0 Å². The summed E-state index contributed by atoms with van der Waals surface area (Å²) in [5.74, 6) is 0.257. The largest absolute Gasteiger partial charge is 0.229 e. The zero-order valence-corrected chi connectivity index (χ0v) is 9.22. The molecule has 1 saturated heterocycles. The van der Waals surface area contributed by atoms with E-state index in [4.69, 9.17) is 23.2 Å². The van der Waals surface area contributed by atoms with Gasteiger partial charge in [-0.05, 0) is 0 Å². The molecule has 2 rings (SSSR count). The Labute approximate surface area is 82.1 Å². The summed E-state index contributed by atoms with van der Waals surface area (Å²) in [7, 11) is -2.90. The molecular weight excluding hydrogens is 219 g/mol. The quantitative estimate of drug-likeness (QED) is 0.591. The van der Waals surface area contributed by atoms with Gasteiger partial charge >= 0.3 is 0 Å². The first-order chi connectivity index (χ1) is 5.16. The molecule has 0 aromatic rings. The maximum absolute atomic E-state index is 11.3. The van der Waals surface area contributed by atoms with Gasteiger partial charge in [0.15, 0.2) is 9.84 Å². The van der Waals surface area contributed by atoms with Crippen molar-refractivity contribution in [2.45, 2.75) is 18.2 Å². The van der Waals surface area contributed by atoms with Crippen molar-refractivity contribution in [2.75, 3.05) is 11.5 Å². The van der Waals surface area contributed by atoms with Gasteiger partial charge in [0.1, 0.15) is 4.33 Å². The predicted molar refractivity (Wildman–Crippen MR) is 49.3 cm³/mol. The van der Waals surface area contributed by atoms with E-state index in [0.717, 1.165) is 0 Å². The number of hydrogen-bond acceptors (Lipinski definition) is 2. The van der Waals surface area contributed by atoms with Crippen LogP contribution in [-0.2, 0) is 9.84 Å². The molecule has 1 aliphatic heterocycles. The summed E-state index contributed by atoms with van der Waals surface area (Å²) >= 11 is 12.0. The molecule has 2 fully saturated rings. The normalized spacial score (nSPS) is 53.3. The van der Waals surface area contributed by atoms with Crippen molar-refractivity contribution in [3.63, 3.8) is 0 Å². The molecule has 2 nitrogen and oxygen atoms in total. The van der Waals surface area contributed by atoms with E-state index in [1.165, 1.54) is 0 Å². The average Bonchev–Trinajstić information content (AvgIpc) is 2.13. The maximum atomic E-state index is 11.3. The summed E-state index contributed by atoms with van der Waals surface area (Å²) in [4.78, 5) is 0. The molecule has 0 N–H and O–H groups in total. The van der Waals surface area contributed by atoms with Crippen molar-refractivity contribution in [3.8, 4) is 0 Å². The molecule has 12 heavy (non-hydrogen) atoms. The molecule has 70 valence electrons. The zero-order chi connectivity index (χ0) is 9.41. The fourth-order valence-electron chi connectivity index (χ4n) is 2.38. The highest BCUT2D eigenvalue weighted by atomic mass is 35.5. The molecule has 2 atom stereocenters. The van der Waals surface area contributed by atoms with E-state index < -0.39 is 25.0 Å². The Morgan fingerprint density at radius 1 is 1.08 bits per heavy atom. The molecule has 0 spiro atoms. The zero-order valence-electron chi connectivity index (χ0n) is 6.89. The Morgan fingerprint density at radius 3 is 1.67 bits per heavy atom. The lowest BCUT2D eigenvalue weighted by Crippen LogP contribution is -2.20. The fraction of sp³-hybridized carbons (Fsp3) is 1.00. The van der Waals surface area contributed by atoms with Gasteiger partial charge in [-0.2, -0.15) is 0 Å². The van der Waals surface area contributed by atoms with Crippen molar-refractivity contribution in [3.05, 3.63) is 0 Å². The van der Waals surface area contributed by atoms with Gasteiger partial charge in [-0.15, -0.1) is 23.2 Å². The van der Waals surface area contributed by atoms with Crippen molar-refractivity contribution >= 4 is 33.0 Å². The van der Waals surface area contributed by atoms with E-state index in [1.807, 2.05) is 13.8 Å². The van der Waals surface area contributed by atoms with Gasteiger partial charge < -0.3 is 0 Å². The molecule has 0 aromatic carbocycles. The molecule has 5 heteroatoms. The van der Waals surface area contributed by atoms with Crippen molar-refractivity contribution in [2.24, 2.45) is 10.8 Å². The van der Waals surface area contributed by atoms with Crippen LogP contribution in [0.5, 0.6) is 0 Å². The smallest absolute Gasteiger partial charge is 0.151 e. The maximum Gasteiger partial charge on any atom is 0.151 e. The van der Waals surface area contributed by atoms with Crippen LogP contribution in [0.4, 0.5) is 0 Å². The Hall–Kier alpha value is 0.530. The van der Waals surface area contributed by atoms with Crippen LogP contribution in [0.15, 0.2) is 0 Å². The van der Waals surface area contributed by atoms with E-state index in [9.17, 15) is 8.42 Å². The summed E-state index contributed by atoms with van der Waals surface area (Å²) in [6, 6.07) is 0. The Balaban J connectivity index is 2.48. The van der Waals surface area contributed by atoms with E-state index in [0.29, 0.717) is 0 Å². The van der Waals surface area contributed by atoms with Crippen molar-refractivity contribution in [1.82, 2.24) is 0 Å². The topological polar surface area (TPSA) is 34.1 Å². The van der Waals surface area contributed by atoms with Gasteiger partial charge in [0.05, 0.1) is 11.5 Å². The monoisotopic (exact) mass is 228 g/mol.